The molecule has 12 nitrogen and oxygen atoms in total. The number of nitrogens with two attached hydrogens (primary N) is 2. The molecule has 1 rings (SSSR count). The van der Waals surface area contributed by atoms with Gasteiger partial charge in [-0.1, -0.05) is 26.0 Å². The molecule has 0 aromatic heterocycles. The number of rotatable bonds is 15. The first kappa shape index (κ1) is 30.7. The Hall–Kier alpha value is -3.32. The minimum atomic E-state index is -1.54. The molecule has 0 saturated carbocycles. The van der Waals surface area contributed by atoms with Crippen molar-refractivity contribution in [3.63, 3.8) is 0 Å². The average molecular weight is 526 g/mol. The number of hydrogen-bond acceptors (Lipinski definition) is 8. The van der Waals surface area contributed by atoms with E-state index in [0.29, 0.717) is 5.75 Å². The van der Waals surface area contributed by atoms with Crippen LogP contribution >= 0.6 is 11.8 Å². The van der Waals surface area contributed by atoms with Crippen LogP contribution in [0.5, 0.6) is 5.75 Å². The number of hydrogen-bond donors (Lipinski definition) is 7. The highest BCUT2D eigenvalue weighted by Crippen LogP contribution is 2.12. The molecule has 0 aliphatic heterocycles. The molecule has 0 aliphatic rings. The van der Waals surface area contributed by atoms with Crippen LogP contribution in [0.25, 0.3) is 0 Å². The highest BCUT2D eigenvalue weighted by Gasteiger charge is 2.32. The van der Waals surface area contributed by atoms with Gasteiger partial charge >= 0.3 is 5.97 Å². The number of carbonyl (C=O) groups is 5. The number of carboxylic acids is 1. The molecule has 4 unspecified atom stereocenters. The number of thioether (sulfide) groups is 1. The summed E-state index contributed by atoms with van der Waals surface area (Å²) >= 11 is 1.46. The number of primary amides is 1. The summed E-state index contributed by atoms with van der Waals surface area (Å²) in [4.78, 5) is 61.0. The Kier molecular flexibility index (Phi) is 12.7. The molecule has 1 aromatic carbocycles. The topological polar surface area (TPSA) is 214 Å². The quantitative estimate of drug-likeness (QED) is 0.151. The van der Waals surface area contributed by atoms with Crippen molar-refractivity contribution >= 4 is 41.4 Å². The molecular formula is C23H35N5O7S. The van der Waals surface area contributed by atoms with Crippen molar-refractivity contribution in [2.45, 2.75) is 57.3 Å². The first-order chi connectivity index (χ1) is 16.8. The van der Waals surface area contributed by atoms with Crippen molar-refractivity contribution < 1.29 is 34.2 Å². The zero-order valence-corrected chi connectivity index (χ0v) is 21.3. The Balaban J connectivity index is 2.91. The zero-order valence-electron chi connectivity index (χ0n) is 20.5. The third kappa shape index (κ3) is 10.5. The van der Waals surface area contributed by atoms with Crippen LogP contribution in [0, 0.1) is 5.92 Å². The molecule has 4 atom stereocenters. The highest BCUT2D eigenvalue weighted by atomic mass is 32.2. The first-order valence-electron chi connectivity index (χ1n) is 11.3. The van der Waals surface area contributed by atoms with Crippen molar-refractivity contribution in [3.05, 3.63) is 29.8 Å². The first-order valence-corrected chi connectivity index (χ1v) is 12.7. The minimum Gasteiger partial charge on any atom is -0.508 e. The summed E-state index contributed by atoms with van der Waals surface area (Å²) in [7, 11) is 0. The van der Waals surface area contributed by atoms with E-state index in [2.05, 4.69) is 16.0 Å². The predicted octanol–water partition coefficient (Wildman–Crippen LogP) is -0.914. The number of phenolic OH excluding ortho intramolecular Hbond substituents is 1. The lowest BCUT2D eigenvalue weighted by Gasteiger charge is -2.27. The molecule has 1 aromatic rings. The Morgan fingerprint density at radius 3 is 2.03 bits per heavy atom. The van der Waals surface area contributed by atoms with Crippen LogP contribution in [0.1, 0.15) is 32.3 Å². The van der Waals surface area contributed by atoms with Gasteiger partial charge in [-0.15, -0.1) is 0 Å². The van der Waals surface area contributed by atoms with Crippen LogP contribution in [0.3, 0.4) is 0 Å². The van der Waals surface area contributed by atoms with Crippen LogP contribution < -0.4 is 27.4 Å². The van der Waals surface area contributed by atoms with Gasteiger partial charge in [0.2, 0.25) is 23.6 Å². The summed E-state index contributed by atoms with van der Waals surface area (Å²) < 4.78 is 0. The monoisotopic (exact) mass is 525 g/mol. The second-order valence-electron chi connectivity index (χ2n) is 8.62. The third-order valence-electron chi connectivity index (χ3n) is 5.24. The molecule has 0 heterocycles. The Morgan fingerprint density at radius 1 is 0.944 bits per heavy atom. The van der Waals surface area contributed by atoms with Gasteiger partial charge in [0.1, 0.15) is 23.9 Å². The van der Waals surface area contributed by atoms with Crippen molar-refractivity contribution in [2.24, 2.45) is 17.4 Å². The lowest BCUT2D eigenvalue weighted by atomic mass is 10.0. The van der Waals surface area contributed by atoms with E-state index in [1.807, 2.05) is 6.26 Å². The SMILES string of the molecule is CSCCC(NC(=O)C(N)Cc1ccc(O)cc1)C(=O)NC(C(=O)NC(CC(N)=O)C(=O)O)C(C)C. The number of phenols is 1. The van der Waals surface area contributed by atoms with E-state index in [9.17, 15) is 34.2 Å². The maximum atomic E-state index is 13.0. The van der Waals surface area contributed by atoms with E-state index in [1.54, 1.807) is 26.0 Å². The Labute approximate surface area is 213 Å². The number of carboxylic acid groups (broad SMARTS) is 1. The van der Waals surface area contributed by atoms with E-state index >= 15 is 0 Å². The smallest absolute Gasteiger partial charge is 0.326 e. The number of amides is 4. The molecule has 0 radical (unpaired) electrons. The molecule has 0 bridgehead atoms. The van der Waals surface area contributed by atoms with Gasteiger partial charge < -0.3 is 37.6 Å². The van der Waals surface area contributed by atoms with Gasteiger partial charge in [-0.25, -0.2) is 4.79 Å². The van der Waals surface area contributed by atoms with Gasteiger partial charge in [-0.3, -0.25) is 19.2 Å². The lowest BCUT2D eigenvalue weighted by molar-refractivity contribution is -0.144. The summed E-state index contributed by atoms with van der Waals surface area (Å²) in [6.07, 6.45) is 1.67. The average Bonchev–Trinajstić information content (AvgIpc) is 2.80. The zero-order chi connectivity index (χ0) is 27.4. The summed E-state index contributed by atoms with van der Waals surface area (Å²) in [6.45, 7) is 3.30. The second kappa shape index (κ2) is 14.9. The minimum absolute atomic E-state index is 0.0821. The highest BCUT2D eigenvalue weighted by molar-refractivity contribution is 7.98. The predicted molar refractivity (Wildman–Crippen MR) is 135 cm³/mol. The fourth-order valence-corrected chi connectivity index (χ4v) is 3.68. The number of aromatic hydroxyl groups is 1. The van der Waals surface area contributed by atoms with Crippen molar-refractivity contribution in [1.82, 2.24) is 16.0 Å². The standard InChI is InChI=1S/C23H35N5O7S/c1-12(2)19(22(33)27-17(23(34)35)11-18(25)30)28-21(32)16(8-9-36-3)26-20(31)15(24)10-13-4-6-14(29)7-5-13/h4-7,12,15-17,19,29H,8-11,24H2,1-3H3,(H2,25,30)(H,26,31)(H,27,33)(H,28,32)(H,34,35). The van der Waals surface area contributed by atoms with Gasteiger partial charge in [-0.2, -0.15) is 11.8 Å². The van der Waals surface area contributed by atoms with Crippen LogP contribution in [0.2, 0.25) is 0 Å². The number of carbonyl (C=O) groups excluding carboxylic acids is 4. The van der Waals surface area contributed by atoms with Gasteiger partial charge in [0, 0.05) is 0 Å². The van der Waals surface area contributed by atoms with Gasteiger partial charge in [0.25, 0.3) is 0 Å². The summed E-state index contributed by atoms with van der Waals surface area (Å²) in [6, 6.07) is 1.58. The molecule has 9 N–H and O–H groups in total. The van der Waals surface area contributed by atoms with Gasteiger partial charge in [-0.05, 0) is 48.5 Å². The molecule has 0 spiro atoms. The van der Waals surface area contributed by atoms with Crippen LogP contribution in [-0.2, 0) is 30.4 Å². The molecule has 0 fully saturated rings. The van der Waals surface area contributed by atoms with E-state index in [4.69, 9.17) is 11.5 Å². The fraction of sp³-hybridized carbons (Fsp3) is 0.522. The lowest BCUT2D eigenvalue weighted by Crippen LogP contribution is -2.58. The number of aliphatic carboxylic acids is 1. The van der Waals surface area contributed by atoms with Crippen molar-refractivity contribution in [1.29, 1.82) is 0 Å². The van der Waals surface area contributed by atoms with Crippen molar-refractivity contribution in [3.8, 4) is 5.75 Å². The Morgan fingerprint density at radius 2 is 1.53 bits per heavy atom. The molecule has 0 saturated heterocycles. The molecule has 200 valence electrons. The summed E-state index contributed by atoms with van der Waals surface area (Å²) in [5.74, 6) is -4.17. The third-order valence-corrected chi connectivity index (χ3v) is 5.88. The van der Waals surface area contributed by atoms with E-state index in [0.717, 1.165) is 5.56 Å². The van der Waals surface area contributed by atoms with Gasteiger partial charge in [0.05, 0.1) is 12.5 Å². The Bertz CT molecular complexity index is 926. The molecule has 36 heavy (non-hydrogen) atoms. The van der Waals surface area contributed by atoms with E-state index < -0.39 is 66.1 Å². The van der Waals surface area contributed by atoms with Crippen LogP contribution in [0.4, 0.5) is 0 Å². The fourth-order valence-electron chi connectivity index (χ4n) is 3.21. The van der Waals surface area contributed by atoms with Gasteiger partial charge in [0.15, 0.2) is 0 Å². The number of nitrogens with one attached hydrogen (secondary N) is 3. The van der Waals surface area contributed by atoms with E-state index in [1.165, 1.54) is 23.9 Å². The molecular weight excluding hydrogens is 490 g/mol. The number of benzene rings is 1. The second-order valence-corrected chi connectivity index (χ2v) is 9.61. The van der Waals surface area contributed by atoms with Crippen LogP contribution in [-0.4, -0.2) is 76.0 Å². The molecule has 4 amide bonds. The van der Waals surface area contributed by atoms with Crippen molar-refractivity contribution in [2.75, 3.05) is 12.0 Å². The molecule has 13 heteroatoms. The van der Waals surface area contributed by atoms with E-state index in [-0.39, 0.29) is 18.6 Å². The summed E-state index contributed by atoms with van der Waals surface area (Å²) in [5, 5.41) is 26.1. The molecule has 0 aliphatic carbocycles. The summed E-state index contributed by atoms with van der Waals surface area (Å²) in [5.41, 5.74) is 11.8. The maximum Gasteiger partial charge on any atom is 0.326 e. The normalized spacial score (nSPS) is 14.2. The largest absolute Gasteiger partial charge is 0.508 e. The maximum absolute atomic E-state index is 13.0. The van der Waals surface area contributed by atoms with Crippen LogP contribution in [0.15, 0.2) is 24.3 Å².